The van der Waals surface area contributed by atoms with Gasteiger partial charge in [0.05, 0.1) is 11.0 Å². The lowest BCUT2D eigenvalue weighted by atomic mass is 10.3. The highest BCUT2D eigenvalue weighted by Gasteiger charge is 2.20. The maximum atomic E-state index is 4.75. The predicted molar refractivity (Wildman–Crippen MR) is 74.8 cm³/mol. The molecule has 0 spiro atoms. The van der Waals surface area contributed by atoms with Crippen LogP contribution in [0.4, 0.5) is 0 Å². The molecule has 18 heavy (non-hydrogen) atoms. The first-order valence-electron chi connectivity index (χ1n) is 7.06. The van der Waals surface area contributed by atoms with Crippen molar-refractivity contribution in [1.82, 2.24) is 14.9 Å². The number of hydrogen-bond acceptors (Lipinski definition) is 2. The van der Waals surface area contributed by atoms with Crippen LogP contribution in [0.25, 0.3) is 11.0 Å². The van der Waals surface area contributed by atoms with E-state index in [0.29, 0.717) is 0 Å². The summed E-state index contributed by atoms with van der Waals surface area (Å²) in [5, 5.41) is 3.58. The van der Waals surface area contributed by atoms with Crippen molar-refractivity contribution in [3.8, 4) is 0 Å². The van der Waals surface area contributed by atoms with E-state index in [0.717, 1.165) is 37.5 Å². The maximum Gasteiger partial charge on any atom is 0.109 e. The van der Waals surface area contributed by atoms with Crippen LogP contribution in [0.5, 0.6) is 0 Å². The average Bonchev–Trinajstić information content (AvgIpc) is 3.14. The van der Waals surface area contributed by atoms with Crippen LogP contribution in [-0.4, -0.2) is 22.1 Å². The van der Waals surface area contributed by atoms with Gasteiger partial charge in [0.25, 0.3) is 0 Å². The van der Waals surface area contributed by atoms with Crippen molar-refractivity contribution in [3.05, 3.63) is 30.1 Å². The van der Waals surface area contributed by atoms with Crippen LogP contribution in [0.1, 0.15) is 32.0 Å². The molecule has 0 bridgehead atoms. The van der Waals surface area contributed by atoms with Gasteiger partial charge in [-0.25, -0.2) is 4.98 Å². The zero-order valence-electron chi connectivity index (χ0n) is 11.0. The van der Waals surface area contributed by atoms with E-state index in [9.17, 15) is 0 Å². The van der Waals surface area contributed by atoms with Crippen LogP contribution in [0.3, 0.4) is 0 Å². The lowest BCUT2D eigenvalue weighted by Gasteiger charge is -2.09. The fourth-order valence-electron chi connectivity index (χ4n) is 2.46. The lowest BCUT2D eigenvalue weighted by Crippen LogP contribution is -2.22. The normalized spacial score (nSPS) is 15.4. The summed E-state index contributed by atoms with van der Waals surface area (Å²) in [4.78, 5) is 4.75. The van der Waals surface area contributed by atoms with Crippen molar-refractivity contribution in [1.29, 1.82) is 0 Å². The largest absolute Gasteiger partial charge is 0.327 e. The van der Waals surface area contributed by atoms with Crippen molar-refractivity contribution in [2.45, 2.75) is 45.2 Å². The Morgan fingerprint density at radius 2 is 2.17 bits per heavy atom. The molecule has 3 heteroatoms. The highest BCUT2D eigenvalue weighted by Crippen LogP contribution is 2.19. The third-order valence-electron chi connectivity index (χ3n) is 3.55. The monoisotopic (exact) mass is 243 g/mol. The Kier molecular flexibility index (Phi) is 3.33. The summed E-state index contributed by atoms with van der Waals surface area (Å²) in [5.74, 6) is 1.23. The maximum absolute atomic E-state index is 4.75. The van der Waals surface area contributed by atoms with Gasteiger partial charge in [-0.05, 0) is 31.4 Å². The van der Waals surface area contributed by atoms with E-state index in [1.807, 2.05) is 0 Å². The molecule has 0 amide bonds. The molecule has 1 aromatic carbocycles. The van der Waals surface area contributed by atoms with E-state index in [2.05, 4.69) is 41.1 Å². The minimum atomic E-state index is 0.786. The first kappa shape index (κ1) is 11.7. The molecule has 0 saturated heterocycles. The molecular formula is C15H21N3. The third-order valence-corrected chi connectivity index (χ3v) is 3.55. The minimum Gasteiger partial charge on any atom is -0.327 e. The lowest BCUT2D eigenvalue weighted by molar-refractivity contribution is 0.583. The molecule has 0 aliphatic heterocycles. The van der Waals surface area contributed by atoms with Crippen LogP contribution in [0.2, 0.25) is 0 Å². The Labute approximate surface area is 108 Å². The van der Waals surface area contributed by atoms with Crippen molar-refractivity contribution in [2.75, 3.05) is 6.54 Å². The molecule has 3 nitrogen and oxygen atoms in total. The number of nitrogens with zero attached hydrogens (tertiary/aromatic N) is 2. The minimum absolute atomic E-state index is 0.786. The molecule has 1 N–H and O–H groups in total. The quantitative estimate of drug-likeness (QED) is 0.845. The van der Waals surface area contributed by atoms with Gasteiger partial charge >= 0.3 is 0 Å². The van der Waals surface area contributed by atoms with Crippen molar-refractivity contribution >= 4 is 11.0 Å². The van der Waals surface area contributed by atoms with Crippen LogP contribution in [0.15, 0.2) is 24.3 Å². The molecule has 0 radical (unpaired) electrons. The van der Waals surface area contributed by atoms with Gasteiger partial charge in [0, 0.05) is 25.6 Å². The third kappa shape index (κ3) is 2.41. The van der Waals surface area contributed by atoms with E-state index >= 15 is 0 Å². The van der Waals surface area contributed by atoms with E-state index in [-0.39, 0.29) is 0 Å². The summed E-state index contributed by atoms with van der Waals surface area (Å²) in [6, 6.07) is 9.25. The molecule has 0 unspecified atom stereocenters. The molecule has 1 saturated carbocycles. The molecule has 96 valence electrons. The fourth-order valence-corrected chi connectivity index (χ4v) is 2.46. The molecule has 1 aliphatic rings. The number of nitrogens with one attached hydrogen (secondary N) is 1. The standard InChI is InChI=1S/C15H21N3/c1-2-5-15-17-13-6-3-4-7-14(13)18(15)11-10-16-12-8-9-12/h3-4,6-7,12,16H,2,5,8-11H2,1H3. The topological polar surface area (TPSA) is 29.9 Å². The number of aryl methyl sites for hydroxylation is 1. The first-order valence-corrected chi connectivity index (χ1v) is 7.06. The van der Waals surface area contributed by atoms with Gasteiger partial charge in [0.1, 0.15) is 5.82 Å². The smallest absolute Gasteiger partial charge is 0.109 e. The van der Waals surface area contributed by atoms with Crippen LogP contribution >= 0.6 is 0 Å². The van der Waals surface area contributed by atoms with Gasteiger partial charge in [-0.3, -0.25) is 0 Å². The molecule has 1 aliphatic carbocycles. The van der Waals surface area contributed by atoms with Crippen molar-refractivity contribution in [2.24, 2.45) is 0 Å². The number of fused-ring (bicyclic) bond motifs is 1. The van der Waals surface area contributed by atoms with Gasteiger partial charge in [-0.15, -0.1) is 0 Å². The summed E-state index contributed by atoms with van der Waals surface area (Å²) in [6.07, 6.45) is 4.93. The molecule has 0 atom stereocenters. The number of imidazole rings is 1. The fraction of sp³-hybridized carbons (Fsp3) is 0.533. The number of para-hydroxylation sites is 2. The highest BCUT2D eigenvalue weighted by molar-refractivity contribution is 5.75. The van der Waals surface area contributed by atoms with E-state index in [1.54, 1.807) is 0 Å². The zero-order chi connectivity index (χ0) is 12.4. The number of benzene rings is 1. The number of rotatable bonds is 6. The van der Waals surface area contributed by atoms with Crippen LogP contribution in [0, 0.1) is 0 Å². The highest BCUT2D eigenvalue weighted by atomic mass is 15.1. The van der Waals surface area contributed by atoms with Crippen molar-refractivity contribution < 1.29 is 0 Å². The van der Waals surface area contributed by atoms with Gasteiger partial charge in [0.15, 0.2) is 0 Å². The van der Waals surface area contributed by atoms with Crippen LogP contribution in [-0.2, 0) is 13.0 Å². The second kappa shape index (κ2) is 5.11. The Morgan fingerprint density at radius 3 is 2.94 bits per heavy atom. The summed E-state index contributed by atoms with van der Waals surface area (Å²) in [5.41, 5.74) is 2.41. The van der Waals surface area contributed by atoms with E-state index < -0.39 is 0 Å². The summed E-state index contributed by atoms with van der Waals surface area (Å²) in [6.45, 7) is 4.31. The predicted octanol–water partition coefficient (Wildman–Crippen LogP) is 2.74. The molecular weight excluding hydrogens is 222 g/mol. The molecule has 2 aromatic rings. The Balaban J connectivity index is 1.82. The second-order valence-electron chi connectivity index (χ2n) is 5.15. The SMILES string of the molecule is CCCc1nc2ccccc2n1CCNC1CC1. The Hall–Kier alpha value is -1.35. The Morgan fingerprint density at radius 1 is 1.33 bits per heavy atom. The summed E-state index contributed by atoms with van der Waals surface area (Å²) >= 11 is 0. The summed E-state index contributed by atoms with van der Waals surface area (Å²) in [7, 11) is 0. The number of hydrogen-bond donors (Lipinski definition) is 1. The molecule has 1 fully saturated rings. The molecule has 1 heterocycles. The zero-order valence-corrected chi connectivity index (χ0v) is 11.0. The Bertz CT molecular complexity index is 526. The second-order valence-corrected chi connectivity index (χ2v) is 5.15. The van der Waals surface area contributed by atoms with Gasteiger partial charge in [-0.2, -0.15) is 0 Å². The van der Waals surface area contributed by atoms with Crippen molar-refractivity contribution in [3.63, 3.8) is 0 Å². The van der Waals surface area contributed by atoms with Gasteiger partial charge in [0.2, 0.25) is 0 Å². The van der Waals surface area contributed by atoms with Gasteiger partial charge in [-0.1, -0.05) is 19.1 Å². The van der Waals surface area contributed by atoms with E-state index in [1.165, 1.54) is 24.2 Å². The number of aromatic nitrogens is 2. The molecule has 3 rings (SSSR count). The first-order chi connectivity index (χ1) is 8.88. The van der Waals surface area contributed by atoms with Gasteiger partial charge < -0.3 is 9.88 Å². The summed E-state index contributed by atoms with van der Waals surface area (Å²) < 4.78 is 2.38. The van der Waals surface area contributed by atoms with E-state index in [4.69, 9.17) is 4.98 Å². The van der Waals surface area contributed by atoms with Crippen LogP contribution < -0.4 is 5.32 Å². The average molecular weight is 243 g/mol. The molecule has 1 aromatic heterocycles.